The maximum Gasteiger partial charge on any atom is 0.309 e. The lowest BCUT2D eigenvalue weighted by molar-refractivity contribution is -0.172. The number of rotatable bonds is 14. The first-order valence-corrected chi connectivity index (χ1v) is 34.3. The first-order valence-electron chi connectivity index (χ1n) is 34.3. The van der Waals surface area contributed by atoms with Crippen LogP contribution in [0.25, 0.3) is 4.85 Å². The Morgan fingerprint density at radius 1 is 0.528 bits per heavy atom. The molecule has 1 aliphatic heterocycles. The summed E-state index contributed by atoms with van der Waals surface area (Å²) in [5.74, 6) is 2.37. The van der Waals surface area contributed by atoms with Crippen LogP contribution in [-0.2, 0) is 58.0 Å². The summed E-state index contributed by atoms with van der Waals surface area (Å²) >= 11 is 0. The Balaban J connectivity index is -0.000000223. The zero-order valence-electron chi connectivity index (χ0n) is 64.9. The number of furan rings is 1. The molecule has 2 saturated carbocycles. The quantitative estimate of drug-likeness (QED) is 0.0987. The molecule has 1 aromatic rings. The molecular formula is C76H147NO12. The summed E-state index contributed by atoms with van der Waals surface area (Å²) in [6.07, 6.45) is 17.1. The number of carbonyl (C=O) groups excluding carboxylic acids is 5. The van der Waals surface area contributed by atoms with E-state index in [1.54, 1.807) is 32.2 Å². The Hall–Kier alpha value is -3.92. The molecule has 2 aliphatic carbocycles. The summed E-state index contributed by atoms with van der Waals surface area (Å²) in [5.41, 5.74) is -1.44. The maximum atomic E-state index is 11.6. The minimum Gasteiger partial charge on any atom is -0.465 e. The number of hydrogen-bond acceptors (Lipinski definition) is 12. The number of nitrogens with zero attached hydrogens (tertiary/aromatic N) is 1. The Kier molecular flexibility index (Phi) is 52.7. The number of hydrogen-bond donors (Lipinski definition) is 0. The van der Waals surface area contributed by atoms with Gasteiger partial charge in [0.2, 0.25) is 5.54 Å². The van der Waals surface area contributed by atoms with Gasteiger partial charge in [-0.3, -0.25) is 24.0 Å². The summed E-state index contributed by atoms with van der Waals surface area (Å²) in [4.78, 5) is 60.1. The normalized spacial score (nSPS) is 15.9. The smallest absolute Gasteiger partial charge is 0.309 e. The van der Waals surface area contributed by atoms with Crippen LogP contribution in [0.3, 0.4) is 0 Å². The Morgan fingerprint density at radius 2 is 0.865 bits per heavy atom. The Labute approximate surface area is 551 Å². The molecule has 13 nitrogen and oxygen atoms in total. The third kappa shape index (κ3) is 61.4. The third-order valence-corrected chi connectivity index (χ3v) is 12.4. The van der Waals surface area contributed by atoms with Gasteiger partial charge >= 0.3 is 29.8 Å². The van der Waals surface area contributed by atoms with Crippen LogP contribution in [-0.4, -0.2) is 70.5 Å². The monoisotopic (exact) mass is 1270 g/mol. The predicted octanol–water partition coefficient (Wildman–Crippen LogP) is 22.2. The van der Waals surface area contributed by atoms with Crippen molar-refractivity contribution in [3.63, 3.8) is 0 Å². The Bertz CT molecular complexity index is 1940. The van der Waals surface area contributed by atoms with Gasteiger partial charge in [0.25, 0.3) is 0 Å². The highest BCUT2D eigenvalue weighted by atomic mass is 16.6. The molecule has 1 aromatic heterocycles. The summed E-state index contributed by atoms with van der Waals surface area (Å²) in [6, 6.07) is 3.58. The maximum absolute atomic E-state index is 11.6. The predicted molar refractivity (Wildman–Crippen MR) is 374 cm³/mol. The fraction of sp³-hybridized carbons (Fsp3) is 0.868. The average molecular weight is 1270 g/mol. The van der Waals surface area contributed by atoms with E-state index in [0.717, 1.165) is 75.7 Å². The van der Waals surface area contributed by atoms with Crippen molar-refractivity contribution in [2.75, 3.05) is 6.61 Å². The molecule has 0 aromatic carbocycles. The Morgan fingerprint density at radius 3 is 1.16 bits per heavy atom. The van der Waals surface area contributed by atoms with Crippen molar-refractivity contribution in [3.8, 4) is 0 Å². The van der Waals surface area contributed by atoms with Crippen molar-refractivity contribution in [3.05, 3.63) is 35.6 Å². The summed E-state index contributed by atoms with van der Waals surface area (Å²) in [7, 11) is 0. The van der Waals surface area contributed by atoms with E-state index in [9.17, 15) is 24.0 Å². The van der Waals surface area contributed by atoms with Gasteiger partial charge in [-0.05, 0) is 161 Å². The summed E-state index contributed by atoms with van der Waals surface area (Å²) < 4.78 is 37.8. The molecule has 1 saturated heterocycles. The molecule has 1 unspecified atom stereocenters. The molecule has 0 radical (unpaired) electrons. The van der Waals surface area contributed by atoms with Gasteiger partial charge in [0.15, 0.2) is 5.60 Å². The van der Waals surface area contributed by atoms with Crippen molar-refractivity contribution < 1.29 is 56.8 Å². The molecule has 528 valence electrons. The molecule has 3 aliphatic rings. The molecule has 3 fully saturated rings. The first-order chi connectivity index (χ1) is 40.1. The van der Waals surface area contributed by atoms with E-state index in [1.165, 1.54) is 38.5 Å². The molecule has 2 heterocycles. The molecule has 0 N–H and O–H groups in total. The zero-order chi connectivity index (χ0) is 71.5. The number of esters is 5. The van der Waals surface area contributed by atoms with Gasteiger partial charge in [0.05, 0.1) is 42.0 Å². The molecule has 89 heavy (non-hydrogen) atoms. The van der Waals surface area contributed by atoms with Crippen LogP contribution < -0.4 is 0 Å². The fourth-order valence-corrected chi connectivity index (χ4v) is 6.89. The highest BCUT2D eigenvalue weighted by molar-refractivity contribution is 5.73. The third-order valence-electron chi connectivity index (χ3n) is 12.4. The van der Waals surface area contributed by atoms with Gasteiger partial charge in [-0.1, -0.05) is 186 Å². The minimum absolute atomic E-state index is 0.000325. The van der Waals surface area contributed by atoms with Crippen molar-refractivity contribution in [2.45, 2.75) is 372 Å². The number of carbonyl (C=O) groups is 5. The van der Waals surface area contributed by atoms with Crippen molar-refractivity contribution >= 4 is 29.8 Å². The van der Waals surface area contributed by atoms with Crippen molar-refractivity contribution in [2.24, 2.45) is 52.8 Å². The van der Waals surface area contributed by atoms with Crippen LogP contribution in [0, 0.1) is 59.3 Å². The van der Waals surface area contributed by atoms with Crippen LogP contribution in [0.4, 0.5) is 0 Å². The second kappa shape index (κ2) is 48.8. The minimum atomic E-state index is -0.690. The second-order valence-corrected chi connectivity index (χ2v) is 32.2. The first kappa shape index (κ1) is 96.2. The van der Waals surface area contributed by atoms with E-state index in [0.29, 0.717) is 11.2 Å². The largest absolute Gasteiger partial charge is 0.465 e. The van der Waals surface area contributed by atoms with Gasteiger partial charge in [-0.2, -0.15) is 0 Å². The van der Waals surface area contributed by atoms with E-state index in [1.807, 2.05) is 125 Å². The van der Waals surface area contributed by atoms with E-state index in [4.69, 9.17) is 39.4 Å². The summed E-state index contributed by atoms with van der Waals surface area (Å²) in [6.45, 7) is 77.2. The van der Waals surface area contributed by atoms with Gasteiger partial charge in [-0.25, -0.2) is 6.57 Å². The van der Waals surface area contributed by atoms with Gasteiger partial charge in [-0.15, -0.1) is 0 Å². The van der Waals surface area contributed by atoms with E-state index >= 15 is 0 Å². The lowest BCUT2D eigenvalue weighted by Gasteiger charge is -2.36. The van der Waals surface area contributed by atoms with Gasteiger partial charge in [0, 0.05) is 27.4 Å². The van der Waals surface area contributed by atoms with Crippen LogP contribution >= 0.6 is 0 Å². The van der Waals surface area contributed by atoms with Crippen LogP contribution in [0.1, 0.15) is 338 Å². The molecule has 4 rings (SSSR count). The molecule has 0 bridgehead atoms. The SMILES string of the molecule is CC(C)(C)C.CC(C)C.CC(C)C.CC(C)C.CC(C)C(=O)OC(C)(C)C1CCCO1.CC(C)C(=O)OC(C)(C)c1ccco1.CC(C)C(=O)OC1(C)CCCCC1.CCC(C)(C)OC(=O)C(C)C.CCC1(OC(=O)C(C)C)CCCCC1.[C-]#[N+]C(C)(C)C. The van der Waals surface area contributed by atoms with Crippen LogP contribution in [0.2, 0.25) is 0 Å². The van der Waals surface area contributed by atoms with E-state index in [2.05, 4.69) is 109 Å². The molecule has 1 atom stereocenters. The lowest BCUT2D eigenvalue weighted by Crippen LogP contribution is -2.41. The van der Waals surface area contributed by atoms with Gasteiger partial charge < -0.3 is 37.7 Å². The van der Waals surface area contributed by atoms with Gasteiger partial charge in [0.1, 0.15) is 28.2 Å². The highest BCUT2D eigenvalue weighted by Crippen LogP contribution is 2.35. The fourth-order valence-electron chi connectivity index (χ4n) is 6.89. The second-order valence-electron chi connectivity index (χ2n) is 32.2. The zero-order valence-corrected chi connectivity index (χ0v) is 64.9. The van der Waals surface area contributed by atoms with Crippen molar-refractivity contribution in [1.82, 2.24) is 0 Å². The molecule has 0 spiro atoms. The van der Waals surface area contributed by atoms with Crippen LogP contribution in [0.5, 0.6) is 0 Å². The van der Waals surface area contributed by atoms with E-state index in [-0.39, 0.29) is 87.9 Å². The van der Waals surface area contributed by atoms with Crippen LogP contribution in [0.15, 0.2) is 22.8 Å². The summed E-state index contributed by atoms with van der Waals surface area (Å²) in [5, 5.41) is 0. The molecule has 13 heteroatoms. The molecular weight excluding hydrogens is 1120 g/mol. The lowest BCUT2D eigenvalue weighted by atomic mass is 9.82. The molecule has 0 amide bonds. The van der Waals surface area contributed by atoms with E-state index < -0.39 is 11.2 Å². The number of ether oxygens (including phenoxy) is 6. The standard InChI is InChI=1S/C12H22O2.C11H20O3.C11H16O3.C11H20O2.C9H18O2.C5H9N.C5H12.3C4H10/c1-4-12(8-6-5-7-9-12)14-11(13)10(2)3;2*1-8(2)10(12)14-11(3,4)9-6-5-7-13-9;1-9(2)10(12)13-11(3)7-5-4-6-8-11;1-6-9(4,5)11-8(10)7(2)3;1-5(2,3)6-4;1-5(2,3)4;3*1-4(2)3/h10H,4-9H2,1-3H3;8-9H,5-7H2,1-4H3;5-8H,1-4H3;9H,4-8H2,1-3H3;7H,6H2,1-5H3;1-3H3;1-4H3;3*4H,1-3H3. The average Bonchev–Trinajstić information content (AvgIpc) is 3.16. The van der Waals surface area contributed by atoms with Crippen molar-refractivity contribution in [1.29, 1.82) is 0 Å². The topological polar surface area (TPSA) is 158 Å². The highest BCUT2D eigenvalue weighted by Gasteiger charge is 2.38.